The molecule has 0 atom stereocenters. The zero-order valence-corrected chi connectivity index (χ0v) is 14.7. The van der Waals surface area contributed by atoms with E-state index in [1.165, 1.54) is 0 Å². The van der Waals surface area contributed by atoms with E-state index in [-0.39, 0.29) is 0 Å². The predicted octanol–water partition coefficient (Wildman–Crippen LogP) is 2.90. The lowest BCUT2D eigenvalue weighted by Crippen LogP contribution is -2.34. The highest BCUT2D eigenvalue weighted by atomic mass is 32.1. The number of methoxy groups -OCH3 is 1. The van der Waals surface area contributed by atoms with Gasteiger partial charge in [-0.15, -0.1) is 0 Å². The van der Waals surface area contributed by atoms with Crippen LogP contribution in [0.2, 0.25) is 0 Å². The van der Waals surface area contributed by atoms with Crippen LogP contribution in [0.4, 0.5) is 11.4 Å². The van der Waals surface area contributed by atoms with Crippen molar-refractivity contribution in [1.29, 1.82) is 0 Å². The largest absolute Gasteiger partial charge is 0.383 e. The third kappa shape index (κ3) is 5.64. The van der Waals surface area contributed by atoms with Gasteiger partial charge < -0.3 is 15.0 Å². The van der Waals surface area contributed by atoms with Crippen molar-refractivity contribution in [2.75, 3.05) is 32.2 Å². The fourth-order valence-electron chi connectivity index (χ4n) is 2.06. The van der Waals surface area contributed by atoms with Crippen molar-refractivity contribution in [3.8, 4) is 0 Å². The van der Waals surface area contributed by atoms with E-state index >= 15 is 0 Å². The first-order valence-corrected chi connectivity index (χ1v) is 8.06. The van der Waals surface area contributed by atoms with Gasteiger partial charge in [0.05, 0.1) is 12.8 Å². The lowest BCUT2D eigenvalue weighted by molar-refractivity contribution is 0.204. The van der Waals surface area contributed by atoms with Gasteiger partial charge in [0.1, 0.15) is 0 Å². The van der Waals surface area contributed by atoms with E-state index in [1.807, 2.05) is 37.4 Å². The van der Waals surface area contributed by atoms with Gasteiger partial charge in [-0.05, 0) is 42.0 Å². The Morgan fingerprint density at radius 2 is 1.79 bits per heavy atom. The summed E-state index contributed by atoms with van der Waals surface area (Å²) in [6, 6.07) is 18.4. The fraction of sp³-hybridized carbons (Fsp3) is 0.222. The minimum absolute atomic E-state index is 0.476. The molecule has 0 saturated heterocycles. The Balaban J connectivity index is 1.88. The number of hydrazone groups is 1. The molecule has 0 aliphatic carbocycles. The quantitative estimate of drug-likeness (QED) is 0.351. The molecule has 0 heterocycles. The van der Waals surface area contributed by atoms with Crippen molar-refractivity contribution in [2.24, 2.45) is 5.10 Å². The summed E-state index contributed by atoms with van der Waals surface area (Å²) in [5.41, 5.74) is 6.03. The van der Waals surface area contributed by atoms with E-state index < -0.39 is 0 Å². The molecule has 2 aromatic carbocycles. The lowest BCUT2D eigenvalue weighted by Gasteiger charge is -2.19. The van der Waals surface area contributed by atoms with Gasteiger partial charge in [0.25, 0.3) is 0 Å². The second kappa shape index (κ2) is 9.64. The molecule has 2 aromatic rings. The molecule has 0 unspecified atom stereocenters. The Morgan fingerprint density at radius 1 is 1.12 bits per heavy atom. The lowest BCUT2D eigenvalue weighted by atomic mass is 10.2. The summed E-state index contributed by atoms with van der Waals surface area (Å²) in [5.74, 6) is 0. The minimum atomic E-state index is 0.476. The van der Waals surface area contributed by atoms with Gasteiger partial charge in [0.2, 0.25) is 0 Å². The topological polar surface area (TPSA) is 48.9 Å². The summed E-state index contributed by atoms with van der Waals surface area (Å²) in [7, 11) is 3.69. The van der Waals surface area contributed by atoms with Crippen LogP contribution in [0.15, 0.2) is 59.7 Å². The highest BCUT2D eigenvalue weighted by molar-refractivity contribution is 7.80. The maximum Gasteiger partial charge on any atom is 0.187 e. The number of thiocarbonyl (C=S) groups is 1. The molecule has 6 heteroatoms. The first-order chi connectivity index (χ1) is 11.7. The third-order valence-electron chi connectivity index (χ3n) is 3.40. The van der Waals surface area contributed by atoms with Crippen molar-refractivity contribution in [3.05, 3.63) is 60.2 Å². The normalized spacial score (nSPS) is 10.6. The monoisotopic (exact) mass is 342 g/mol. The molecular formula is C18H22N4OS. The number of para-hydroxylation sites is 1. The van der Waals surface area contributed by atoms with Crippen LogP contribution >= 0.6 is 12.2 Å². The van der Waals surface area contributed by atoms with Crippen molar-refractivity contribution in [1.82, 2.24) is 10.7 Å². The standard InChI is InChI=1S/C18H22N4OS/c1-22(16-6-4-3-5-7-16)17-10-8-15(9-11-17)14-20-21-18(24)19-12-13-23-2/h3-11,14H,12-13H2,1-2H3,(H2,19,21,24). The Labute approximate surface area is 148 Å². The maximum absolute atomic E-state index is 5.09. The molecule has 0 radical (unpaired) electrons. The summed E-state index contributed by atoms with van der Waals surface area (Å²) < 4.78 is 4.94. The van der Waals surface area contributed by atoms with Crippen molar-refractivity contribution in [3.63, 3.8) is 0 Å². The fourth-order valence-corrected chi connectivity index (χ4v) is 2.21. The molecule has 0 bridgehead atoms. The van der Waals surface area contributed by atoms with Crippen LogP contribution < -0.4 is 15.6 Å². The van der Waals surface area contributed by atoms with Crippen molar-refractivity contribution < 1.29 is 4.74 Å². The maximum atomic E-state index is 5.09. The Hall–Kier alpha value is -2.44. The molecular weight excluding hydrogens is 320 g/mol. The molecule has 126 valence electrons. The highest BCUT2D eigenvalue weighted by Gasteiger charge is 2.02. The molecule has 2 N–H and O–H groups in total. The summed E-state index contributed by atoms with van der Waals surface area (Å²) in [4.78, 5) is 2.13. The van der Waals surface area contributed by atoms with Crippen molar-refractivity contribution >= 4 is 34.9 Å². The molecule has 0 fully saturated rings. The Morgan fingerprint density at radius 3 is 2.46 bits per heavy atom. The molecule has 0 aliphatic heterocycles. The average Bonchev–Trinajstić information content (AvgIpc) is 2.63. The van der Waals surface area contributed by atoms with Crippen LogP contribution in [0.25, 0.3) is 0 Å². The first-order valence-electron chi connectivity index (χ1n) is 7.65. The average molecular weight is 342 g/mol. The van der Waals surface area contributed by atoms with E-state index in [0.29, 0.717) is 18.3 Å². The Kier molecular flexibility index (Phi) is 7.20. The van der Waals surface area contributed by atoms with Gasteiger partial charge in [0, 0.05) is 32.1 Å². The van der Waals surface area contributed by atoms with E-state index in [1.54, 1.807) is 13.3 Å². The van der Waals surface area contributed by atoms with E-state index in [4.69, 9.17) is 17.0 Å². The predicted molar refractivity (Wildman–Crippen MR) is 104 cm³/mol. The van der Waals surface area contributed by atoms with Crippen LogP contribution in [0.3, 0.4) is 0 Å². The Bertz CT molecular complexity index is 658. The van der Waals surface area contributed by atoms with Gasteiger partial charge in [0.15, 0.2) is 5.11 Å². The number of hydrogen-bond donors (Lipinski definition) is 2. The number of ether oxygens (including phenoxy) is 1. The second-order valence-electron chi connectivity index (χ2n) is 5.10. The minimum Gasteiger partial charge on any atom is -0.383 e. The summed E-state index contributed by atoms with van der Waals surface area (Å²) in [6.07, 6.45) is 1.73. The van der Waals surface area contributed by atoms with Crippen LogP contribution in [0, 0.1) is 0 Å². The number of benzene rings is 2. The van der Waals surface area contributed by atoms with Gasteiger partial charge in [-0.1, -0.05) is 30.3 Å². The number of anilines is 2. The van der Waals surface area contributed by atoms with Gasteiger partial charge in [-0.25, -0.2) is 0 Å². The molecule has 0 spiro atoms. The summed E-state index contributed by atoms with van der Waals surface area (Å²) in [5, 5.41) is 7.58. The molecule has 24 heavy (non-hydrogen) atoms. The number of hydrogen-bond acceptors (Lipinski definition) is 4. The summed E-state index contributed by atoms with van der Waals surface area (Å²) >= 11 is 5.09. The highest BCUT2D eigenvalue weighted by Crippen LogP contribution is 2.22. The van der Waals surface area contributed by atoms with E-state index in [9.17, 15) is 0 Å². The molecule has 5 nitrogen and oxygen atoms in total. The number of nitrogens with zero attached hydrogens (tertiary/aromatic N) is 2. The first kappa shape index (κ1) is 17.9. The molecule has 0 aliphatic rings. The van der Waals surface area contributed by atoms with Crippen LogP contribution in [-0.4, -0.2) is 38.6 Å². The van der Waals surface area contributed by atoms with Gasteiger partial charge in [-0.2, -0.15) is 5.10 Å². The van der Waals surface area contributed by atoms with Gasteiger partial charge in [-0.3, -0.25) is 5.43 Å². The number of nitrogens with one attached hydrogen (secondary N) is 2. The molecule has 0 aromatic heterocycles. The zero-order chi connectivity index (χ0) is 17.2. The van der Waals surface area contributed by atoms with Crippen LogP contribution in [0.1, 0.15) is 5.56 Å². The third-order valence-corrected chi connectivity index (χ3v) is 3.63. The van der Waals surface area contributed by atoms with Crippen molar-refractivity contribution in [2.45, 2.75) is 0 Å². The smallest absolute Gasteiger partial charge is 0.187 e. The molecule has 2 rings (SSSR count). The molecule has 0 saturated carbocycles. The molecule has 0 amide bonds. The number of rotatable bonds is 7. The van der Waals surface area contributed by atoms with E-state index in [2.05, 4.69) is 45.0 Å². The van der Waals surface area contributed by atoms with Gasteiger partial charge >= 0.3 is 0 Å². The second-order valence-corrected chi connectivity index (χ2v) is 5.51. The summed E-state index contributed by atoms with van der Waals surface area (Å²) in [6.45, 7) is 1.25. The zero-order valence-electron chi connectivity index (χ0n) is 13.9. The van der Waals surface area contributed by atoms with Crippen LogP contribution in [0.5, 0.6) is 0 Å². The SMILES string of the molecule is COCCNC(=S)NN=Cc1ccc(N(C)c2ccccc2)cc1. The van der Waals surface area contributed by atoms with E-state index in [0.717, 1.165) is 16.9 Å². The van der Waals surface area contributed by atoms with Crippen LogP contribution in [-0.2, 0) is 4.74 Å².